The third-order valence-corrected chi connectivity index (χ3v) is 2.62. The Hall–Kier alpha value is -0.810. The maximum atomic E-state index is 5.58. The molecular formula is C11H24N4O. The lowest BCUT2D eigenvalue weighted by Crippen LogP contribution is -2.55. The highest BCUT2D eigenvalue weighted by Gasteiger charge is 2.25. The van der Waals surface area contributed by atoms with Gasteiger partial charge in [-0.1, -0.05) is 13.8 Å². The molecule has 3 N–H and O–H groups in total. The molecule has 0 bridgehead atoms. The van der Waals surface area contributed by atoms with Gasteiger partial charge in [0.15, 0.2) is 0 Å². The third kappa shape index (κ3) is 3.64. The van der Waals surface area contributed by atoms with Crippen LogP contribution in [-0.4, -0.2) is 42.7 Å². The summed E-state index contributed by atoms with van der Waals surface area (Å²) < 4.78 is 5.58. The van der Waals surface area contributed by atoms with E-state index in [1.54, 1.807) is 0 Å². The van der Waals surface area contributed by atoms with Gasteiger partial charge in [0, 0.05) is 13.1 Å². The Morgan fingerprint density at radius 1 is 1.56 bits per heavy atom. The van der Waals surface area contributed by atoms with Gasteiger partial charge in [-0.05, 0) is 19.8 Å². The summed E-state index contributed by atoms with van der Waals surface area (Å²) in [4.78, 5) is 6.68. The zero-order chi connectivity index (χ0) is 12.1. The van der Waals surface area contributed by atoms with Crippen molar-refractivity contribution in [1.29, 1.82) is 0 Å². The second-order valence-electron chi connectivity index (χ2n) is 4.85. The van der Waals surface area contributed by atoms with Crippen LogP contribution in [0.5, 0.6) is 0 Å². The van der Waals surface area contributed by atoms with E-state index in [0.717, 1.165) is 25.7 Å². The molecule has 94 valence electrons. The number of hydrogen-bond acceptors (Lipinski definition) is 3. The highest BCUT2D eigenvalue weighted by atomic mass is 16.5. The van der Waals surface area contributed by atoms with Crippen LogP contribution >= 0.6 is 0 Å². The standard InChI is InChI=1S/C11H24N4O/c1-8(2)5-13-11(14-12)15-6-10(4)16-7-9(15)3/h8-10H,5-7,12H2,1-4H3,(H,13,14). The summed E-state index contributed by atoms with van der Waals surface area (Å²) in [5.74, 6) is 6.85. The van der Waals surface area contributed by atoms with Crippen LogP contribution in [0.1, 0.15) is 27.7 Å². The Morgan fingerprint density at radius 2 is 2.25 bits per heavy atom. The lowest BCUT2D eigenvalue weighted by atomic mass is 10.2. The largest absolute Gasteiger partial charge is 0.375 e. The van der Waals surface area contributed by atoms with Crippen molar-refractivity contribution in [2.24, 2.45) is 16.8 Å². The Kier molecular flexibility index (Phi) is 5.02. The van der Waals surface area contributed by atoms with E-state index in [4.69, 9.17) is 10.6 Å². The predicted molar refractivity (Wildman–Crippen MR) is 66.0 cm³/mol. The van der Waals surface area contributed by atoms with E-state index in [-0.39, 0.29) is 6.10 Å². The lowest BCUT2D eigenvalue weighted by Gasteiger charge is -2.38. The minimum absolute atomic E-state index is 0.230. The third-order valence-electron chi connectivity index (χ3n) is 2.62. The number of morpholine rings is 1. The molecule has 1 saturated heterocycles. The molecule has 0 radical (unpaired) electrons. The number of nitrogens with one attached hydrogen (secondary N) is 1. The highest BCUT2D eigenvalue weighted by molar-refractivity contribution is 5.79. The van der Waals surface area contributed by atoms with Gasteiger partial charge >= 0.3 is 0 Å². The molecule has 1 aliphatic heterocycles. The Bertz CT molecular complexity index is 242. The molecule has 1 fully saturated rings. The zero-order valence-electron chi connectivity index (χ0n) is 10.7. The average molecular weight is 228 g/mol. The van der Waals surface area contributed by atoms with Crippen LogP contribution in [0.15, 0.2) is 4.99 Å². The maximum Gasteiger partial charge on any atom is 0.208 e. The normalized spacial score (nSPS) is 27.4. The van der Waals surface area contributed by atoms with E-state index in [0.29, 0.717) is 12.0 Å². The molecule has 1 aliphatic rings. The van der Waals surface area contributed by atoms with Crippen LogP contribution in [0.4, 0.5) is 0 Å². The van der Waals surface area contributed by atoms with Crippen molar-refractivity contribution in [3.8, 4) is 0 Å². The smallest absolute Gasteiger partial charge is 0.208 e. The summed E-state index contributed by atoms with van der Waals surface area (Å²) in [5, 5.41) is 0. The average Bonchev–Trinajstić information content (AvgIpc) is 2.23. The van der Waals surface area contributed by atoms with Crippen molar-refractivity contribution < 1.29 is 4.74 Å². The molecule has 2 unspecified atom stereocenters. The number of aliphatic imine (C=N–C) groups is 1. The minimum Gasteiger partial charge on any atom is -0.375 e. The molecule has 16 heavy (non-hydrogen) atoms. The fraction of sp³-hybridized carbons (Fsp3) is 0.909. The van der Waals surface area contributed by atoms with Crippen molar-refractivity contribution >= 4 is 5.96 Å². The van der Waals surface area contributed by atoms with Gasteiger partial charge in [0.25, 0.3) is 0 Å². The highest BCUT2D eigenvalue weighted by Crippen LogP contribution is 2.11. The van der Waals surface area contributed by atoms with Crippen LogP contribution in [0.2, 0.25) is 0 Å². The second-order valence-corrected chi connectivity index (χ2v) is 4.85. The monoisotopic (exact) mass is 228 g/mol. The van der Waals surface area contributed by atoms with Crippen LogP contribution in [0.3, 0.4) is 0 Å². The first-order valence-corrected chi connectivity index (χ1v) is 5.94. The van der Waals surface area contributed by atoms with E-state index in [9.17, 15) is 0 Å². The Labute approximate surface area is 98.0 Å². The Morgan fingerprint density at radius 3 is 2.81 bits per heavy atom. The van der Waals surface area contributed by atoms with Crippen LogP contribution in [0.25, 0.3) is 0 Å². The topological polar surface area (TPSA) is 62.9 Å². The van der Waals surface area contributed by atoms with Gasteiger partial charge < -0.3 is 9.64 Å². The van der Waals surface area contributed by atoms with Crippen molar-refractivity contribution in [3.05, 3.63) is 0 Å². The molecule has 0 aromatic heterocycles. The molecule has 1 rings (SSSR count). The van der Waals surface area contributed by atoms with Crippen molar-refractivity contribution in [3.63, 3.8) is 0 Å². The van der Waals surface area contributed by atoms with Crippen LogP contribution < -0.4 is 11.3 Å². The molecule has 0 saturated carbocycles. The van der Waals surface area contributed by atoms with Gasteiger partial charge in [-0.15, -0.1) is 0 Å². The number of nitrogens with zero attached hydrogens (tertiary/aromatic N) is 2. The SMILES string of the molecule is CC(C)CN=C(NN)N1CC(C)OCC1C. The van der Waals surface area contributed by atoms with E-state index in [2.05, 4.69) is 43.0 Å². The molecule has 2 atom stereocenters. The second kappa shape index (κ2) is 6.06. The lowest BCUT2D eigenvalue weighted by molar-refractivity contribution is -0.0236. The van der Waals surface area contributed by atoms with Crippen LogP contribution in [-0.2, 0) is 4.74 Å². The first-order valence-electron chi connectivity index (χ1n) is 5.94. The number of hydrazine groups is 1. The molecule has 1 heterocycles. The van der Waals surface area contributed by atoms with Gasteiger partial charge in [-0.25, -0.2) is 5.84 Å². The number of guanidine groups is 1. The summed E-state index contributed by atoms with van der Waals surface area (Å²) in [7, 11) is 0. The molecule has 0 aromatic carbocycles. The van der Waals surface area contributed by atoms with E-state index in [1.165, 1.54) is 0 Å². The first kappa shape index (κ1) is 13.3. The van der Waals surface area contributed by atoms with Crippen molar-refractivity contribution in [2.75, 3.05) is 19.7 Å². The first-order chi connectivity index (χ1) is 7.54. The Balaban J connectivity index is 2.66. The molecule has 5 heteroatoms. The zero-order valence-corrected chi connectivity index (χ0v) is 10.7. The van der Waals surface area contributed by atoms with Crippen molar-refractivity contribution in [2.45, 2.75) is 39.8 Å². The molecule has 0 aliphatic carbocycles. The van der Waals surface area contributed by atoms with E-state index >= 15 is 0 Å². The summed E-state index contributed by atoms with van der Waals surface area (Å²) in [5.41, 5.74) is 2.70. The maximum absolute atomic E-state index is 5.58. The van der Waals surface area contributed by atoms with E-state index in [1.807, 2.05) is 0 Å². The molecule has 0 spiro atoms. The van der Waals surface area contributed by atoms with Gasteiger partial charge in [0.2, 0.25) is 5.96 Å². The van der Waals surface area contributed by atoms with Gasteiger partial charge in [0.1, 0.15) is 0 Å². The number of hydrogen-bond donors (Lipinski definition) is 2. The predicted octanol–water partition coefficient (Wildman–Crippen LogP) is 0.571. The molecule has 0 aromatic rings. The molecule has 0 amide bonds. The van der Waals surface area contributed by atoms with Crippen molar-refractivity contribution in [1.82, 2.24) is 10.3 Å². The molecule has 5 nitrogen and oxygen atoms in total. The fourth-order valence-corrected chi connectivity index (χ4v) is 1.69. The summed E-state index contributed by atoms with van der Waals surface area (Å²) in [6.07, 6.45) is 0.230. The minimum atomic E-state index is 0.230. The number of ether oxygens (including phenoxy) is 1. The summed E-state index contributed by atoms with van der Waals surface area (Å²) in [6, 6.07) is 0.318. The van der Waals surface area contributed by atoms with Gasteiger partial charge in [-0.2, -0.15) is 0 Å². The summed E-state index contributed by atoms with van der Waals surface area (Å²) in [6.45, 7) is 10.8. The van der Waals surface area contributed by atoms with Crippen LogP contribution in [0, 0.1) is 5.92 Å². The molecular weight excluding hydrogens is 204 g/mol. The van der Waals surface area contributed by atoms with Gasteiger partial charge in [-0.3, -0.25) is 10.4 Å². The van der Waals surface area contributed by atoms with E-state index < -0.39 is 0 Å². The number of nitrogens with two attached hydrogens (primary N) is 1. The fourth-order valence-electron chi connectivity index (χ4n) is 1.69. The summed E-state index contributed by atoms with van der Waals surface area (Å²) >= 11 is 0. The van der Waals surface area contributed by atoms with Gasteiger partial charge in [0.05, 0.1) is 18.8 Å². The number of rotatable bonds is 2. The quantitative estimate of drug-likeness (QED) is 0.314.